The van der Waals surface area contributed by atoms with Crippen LogP contribution in [-0.4, -0.2) is 23.2 Å². The minimum absolute atomic E-state index is 0.0811. The van der Waals surface area contributed by atoms with Crippen molar-refractivity contribution in [1.29, 1.82) is 0 Å². The van der Waals surface area contributed by atoms with Crippen LogP contribution in [0.1, 0.15) is 25.7 Å². The van der Waals surface area contributed by atoms with Crippen molar-refractivity contribution in [2.24, 2.45) is 5.10 Å². The van der Waals surface area contributed by atoms with E-state index in [0.717, 1.165) is 35.4 Å². The van der Waals surface area contributed by atoms with Crippen molar-refractivity contribution in [3.63, 3.8) is 0 Å². The highest BCUT2D eigenvalue weighted by molar-refractivity contribution is 6.37. The van der Waals surface area contributed by atoms with E-state index in [1.807, 2.05) is 48.5 Å². The topological polar surface area (TPSA) is 62.1 Å². The molecule has 2 aromatic rings. The molecule has 5 heteroatoms. The van der Waals surface area contributed by atoms with Gasteiger partial charge in [0, 0.05) is 16.7 Å². The van der Waals surface area contributed by atoms with Gasteiger partial charge in [-0.25, -0.2) is 5.01 Å². The van der Waals surface area contributed by atoms with Crippen LogP contribution < -0.4 is 9.75 Å². The van der Waals surface area contributed by atoms with E-state index in [2.05, 4.69) is 11.7 Å². The molecule has 142 valence electrons. The number of hydrogen-bond donors (Lipinski definition) is 1. The van der Waals surface area contributed by atoms with Gasteiger partial charge in [-0.15, -0.1) is 0 Å². The third-order valence-corrected chi connectivity index (χ3v) is 5.11. The fourth-order valence-corrected chi connectivity index (χ4v) is 3.63. The van der Waals surface area contributed by atoms with Crippen molar-refractivity contribution >= 4 is 17.7 Å². The summed E-state index contributed by atoms with van der Waals surface area (Å²) >= 11 is 0. The number of carbonyl (C=O) groups is 1. The highest BCUT2D eigenvalue weighted by Crippen LogP contribution is 2.39. The second-order valence-corrected chi connectivity index (χ2v) is 6.98. The SMILES string of the molecule is C=C1C(O)=CN(c2ccccc2-c2ccccc2OC2CCCC2)N=C1C=O. The van der Waals surface area contributed by atoms with Gasteiger partial charge in [-0.05, 0) is 37.8 Å². The minimum Gasteiger partial charge on any atom is -0.506 e. The molecule has 1 saturated carbocycles. The van der Waals surface area contributed by atoms with E-state index < -0.39 is 0 Å². The molecule has 0 saturated heterocycles. The van der Waals surface area contributed by atoms with Gasteiger partial charge < -0.3 is 9.84 Å². The van der Waals surface area contributed by atoms with Gasteiger partial charge in [0.15, 0.2) is 6.29 Å². The van der Waals surface area contributed by atoms with E-state index >= 15 is 0 Å². The molecule has 0 unspecified atom stereocenters. The fraction of sp³-hybridized carbons (Fsp3) is 0.217. The van der Waals surface area contributed by atoms with E-state index in [1.54, 1.807) is 0 Å². The molecule has 1 fully saturated rings. The highest BCUT2D eigenvalue weighted by Gasteiger charge is 2.22. The Hall–Kier alpha value is -3.34. The number of rotatable bonds is 5. The van der Waals surface area contributed by atoms with E-state index in [0.29, 0.717) is 6.29 Å². The molecule has 5 nitrogen and oxygen atoms in total. The zero-order chi connectivity index (χ0) is 19.5. The molecule has 1 heterocycles. The van der Waals surface area contributed by atoms with Crippen molar-refractivity contribution in [3.05, 3.63) is 72.6 Å². The van der Waals surface area contributed by atoms with Gasteiger partial charge in [-0.3, -0.25) is 4.79 Å². The van der Waals surface area contributed by atoms with Gasteiger partial charge in [-0.2, -0.15) is 5.10 Å². The van der Waals surface area contributed by atoms with Crippen molar-refractivity contribution < 1.29 is 14.6 Å². The Morgan fingerprint density at radius 1 is 1.07 bits per heavy atom. The average molecular weight is 374 g/mol. The Balaban J connectivity index is 1.76. The van der Waals surface area contributed by atoms with E-state index in [-0.39, 0.29) is 23.1 Å². The Labute approximate surface area is 164 Å². The number of aldehydes is 1. The monoisotopic (exact) mass is 374 g/mol. The number of para-hydroxylation sites is 2. The smallest absolute Gasteiger partial charge is 0.171 e. The number of nitrogens with zero attached hydrogens (tertiary/aromatic N) is 2. The zero-order valence-electron chi connectivity index (χ0n) is 15.5. The van der Waals surface area contributed by atoms with Crippen molar-refractivity contribution in [2.45, 2.75) is 31.8 Å². The van der Waals surface area contributed by atoms with Gasteiger partial charge in [0.1, 0.15) is 17.2 Å². The molecular weight excluding hydrogens is 352 g/mol. The third kappa shape index (κ3) is 3.43. The summed E-state index contributed by atoms with van der Waals surface area (Å²) in [5, 5.41) is 16.0. The first-order valence-corrected chi connectivity index (χ1v) is 9.46. The first-order chi connectivity index (χ1) is 13.7. The quantitative estimate of drug-likeness (QED) is 0.748. The van der Waals surface area contributed by atoms with Crippen LogP contribution in [0.25, 0.3) is 11.1 Å². The molecule has 2 aliphatic rings. The molecule has 0 radical (unpaired) electrons. The Bertz CT molecular complexity index is 971. The minimum atomic E-state index is -0.0811. The Morgan fingerprint density at radius 2 is 1.75 bits per heavy atom. The maximum Gasteiger partial charge on any atom is 0.171 e. The number of aliphatic hydroxyl groups is 1. The predicted molar refractivity (Wildman–Crippen MR) is 111 cm³/mol. The maximum atomic E-state index is 11.3. The number of hydrazone groups is 1. The van der Waals surface area contributed by atoms with E-state index in [4.69, 9.17) is 4.74 Å². The first kappa shape index (κ1) is 18.0. The summed E-state index contributed by atoms with van der Waals surface area (Å²) in [6.45, 7) is 3.70. The van der Waals surface area contributed by atoms with Crippen LogP contribution in [0.5, 0.6) is 5.75 Å². The molecule has 1 N–H and O–H groups in total. The normalized spacial score (nSPS) is 17.3. The fourth-order valence-electron chi connectivity index (χ4n) is 3.63. The summed E-state index contributed by atoms with van der Waals surface area (Å²) in [5.41, 5.74) is 2.91. The number of ether oxygens (including phenoxy) is 1. The molecule has 0 aromatic heterocycles. The molecule has 1 aliphatic carbocycles. The summed E-state index contributed by atoms with van der Waals surface area (Å²) in [4.78, 5) is 11.3. The summed E-state index contributed by atoms with van der Waals surface area (Å²) < 4.78 is 6.29. The van der Waals surface area contributed by atoms with Crippen molar-refractivity contribution in [1.82, 2.24) is 0 Å². The molecule has 1 aliphatic heterocycles. The lowest BCUT2D eigenvalue weighted by atomic mass is 10.0. The molecule has 0 amide bonds. The van der Waals surface area contributed by atoms with Crippen LogP contribution in [0.2, 0.25) is 0 Å². The highest BCUT2D eigenvalue weighted by atomic mass is 16.5. The Morgan fingerprint density at radius 3 is 2.50 bits per heavy atom. The molecule has 0 atom stereocenters. The van der Waals surface area contributed by atoms with Crippen molar-refractivity contribution in [2.75, 3.05) is 5.01 Å². The molecule has 0 spiro atoms. The number of anilines is 1. The van der Waals surface area contributed by atoms with Crippen LogP contribution in [0.3, 0.4) is 0 Å². The lowest BCUT2D eigenvalue weighted by molar-refractivity contribution is -0.102. The van der Waals surface area contributed by atoms with Gasteiger partial charge in [0.05, 0.1) is 18.0 Å². The number of carbonyl (C=O) groups excluding carboxylic acids is 1. The predicted octanol–water partition coefficient (Wildman–Crippen LogP) is 5.01. The molecule has 2 aromatic carbocycles. The number of aliphatic hydroxyl groups excluding tert-OH is 1. The maximum absolute atomic E-state index is 11.3. The average Bonchev–Trinajstić information content (AvgIpc) is 3.23. The molecule has 0 bridgehead atoms. The number of hydrogen-bond acceptors (Lipinski definition) is 5. The summed E-state index contributed by atoms with van der Waals surface area (Å²) in [7, 11) is 0. The molecule has 4 rings (SSSR count). The van der Waals surface area contributed by atoms with Crippen molar-refractivity contribution in [3.8, 4) is 16.9 Å². The summed E-state index contributed by atoms with van der Waals surface area (Å²) in [5.74, 6) is 0.749. The zero-order valence-corrected chi connectivity index (χ0v) is 15.5. The van der Waals surface area contributed by atoms with Gasteiger partial charge in [-0.1, -0.05) is 43.0 Å². The van der Waals surface area contributed by atoms with Crippen LogP contribution in [-0.2, 0) is 4.79 Å². The number of benzene rings is 2. The van der Waals surface area contributed by atoms with Crippen LogP contribution >= 0.6 is 0 Å². The van der Waals surface area contributed by atoms with Gasteiger partial charge in [0.2, 0.25) is 0 Å². The lowest BCUT2D eigenvalue weighted by Crippen LogP contribution is -2.22. The van der Waals surface area contributed by atoms with Gasteiger partial charge in [0.25, 0.3) is 0 Å². The summed E-state index contributed by atoms with van der Waals surface area (Å²) in [6.07, 6.45) is 6.87. The van der Waals surface area contributed by atoms with Crippen LogP contribution in [0, 0.1) is 0 Å². The Kier molecular flexibility index (Phi) is 4.98. The van der Waals surface area contributed by atoms with Crippen LogP contribution in [0.4, 0.5) is 5.69 Å². The standard InChI is InChI=1S/C23H22N2O3/c1-16-20(15-26)24-25(14-22(16)27)21-12-6-4-10-18(21)19-11-5-7-13-23(19)28-17-8-2-3-9-17/h4-7,10-15,17,27H,1-3,8-9H2. The second-order valence-electron chi connectivity index (χ2n) is 6.98. The molecular formula is C23H22N2O3. The lowest BCUT2D eigenvalue weighted by Gasteiger charge is -2.24. The first-order valence-electron chi connectivity index (χ1n) is 9.46. The summed E-state index contributed by atoms with van der Waals surface area (Å²) in [6, 6.07) is 15.7. The van der Waals surface area contributed by atoms with E-state index in [1.165, 1.54) is 24.1 Å². The van der Waals surface area contributed by atoms with E-state index in [9.17, 15) is 9.90 Å². The second kappa shape index (κ2) is 7.72. The number of allylic oxidation sites excluding steroid dienone is 1. The van der Waals surface area contributed by atoms with Gasteiger partial charge >= 0.3 is 0 Å². The molecule has 28 heavy (non-hydrogen) atoms. The third-order valence-electron chi connectivity index (χ3n) is 5.11. The largest absolute Gasteiger partial charge is 0.506 e. The van der Waals surface area contributed by atoms with Crippen LogP contribution in [0.15, 0.2) is 77.7 Å².